The molecule has 4 nitrogen and oxygen atoms in total. The van der Waals surface area contributed by atoms with Crippen LogP contribution in [0.15, 0.2) is 85.2 Å². The summed E-state index contributed by atoms with van der Waals surface area (Å²) in [5.41, 5.74) is 3.28. The molecule has 4 aromatic rings. The topological polar surface area (TPSA) is 54.9 Å². The monoisotopic (exact) mass is 339 g/mol. The molecule has 0 saturated heterocycles. The van der Waals surface area contributed by atoms with Gasteiger partial charge < -0.3 is 5.32 Å². The van der Waals surface area contributed by atoms with Gasteiger partial charge in [-0.15, -0.1) is 0 Å². The quantitative estimate of drug-likeness (QED) is 0.605. The first kappa shape index (κ1) is 16.0. The number of amides is 1. The Morgan fingerprint density at radius 1 is 0.808 bits per heavy atom. The Morgan fingerprint density at radius 3 is 2.42 bits per heavy atom. The largest absolute Gasteiger partial charge is 0.346 e. The molecule has 126 valence electrons. The lowest BCUT2D eigenvalue weighted by Crippen LogP contribution is -2.23. The van der Waals surface area contributed by atoms with Crippen LogP contribution < -0.4 is 5.32 Å². The number of carbonyl (C=O) groups excluding carboxylic acids is 1. The van der Waals surface area contributed by atoms with Crippen LogP contribution in [0.3, 0.4) is 0 Å². The van der Waals surface area contributed by atoms with Crippen molar-refractivity contribution in [3.63, 3.8) is 0 Å². The molecular formula is C22H17N3O. The third kappa shape index (κ3) is 3.44. The predicted octanol–water partition coefficient (Wildman–Crippen LogP) is 4.23. The van der Waals surface area contributed by atoms with Gasteiger partial charge in [0.05, 0.1) is 17.9 Å². The molecule has 0 unspecified atom stereocenters. The van der Waals surface area contributed by atoms with Crippen molar-refractivity contribution in [1.82, 2.24) is 15.3 Å². The summed E-state index contributed by atoms with van der Waals surface area (Å²) in [7, 11) is 0. The number of rotatable bonds is 4. The summed E-state index contributed by atoms with van der Waals surface area (Å²) >= 11 is 0. The van der Waals surface area contributed by atoms with Gasteiger partial charge in [-0.25, -0.2) is 9.97 Å². The number of fused-ring (bicyclic) bond motifs is 1. The number of benzene rings is 3. The van der Waals surface area contributed by atoms with Crippen molar-refractivity contribution in [2.45, 2.75) is 6.54 Å². The Hall–Kier alpha value is -3.53. The second-order valence-corrected chi connectivity index (χ2v) is 6.01. The Labute approximate surface area is 151 Å². The molecule has 0 atom stereocenters. The maximum Gasteiger partial charge on any atom is 0.251 e. The zero-order valence-corrected chi connectivity index (χ0v) is 14.1. The van der Waals surface area contributed by atoms with Crippen LogP contribution in [0.4, 0.5) is 0 Å². The minimum absolute atomic E-state index is 0.115. The van der Waals surface area contributed by atoms with Gasteiger partial charge in [0, 0.05) is 11.1 Å². The molecule has 0 aliphatic carbocycles. The third-order valence-corrected chi connectivity index (χ3v) is 4.23. The van der Waals surface area contributed by atoms with E-state index in [4.69, 9.17) is 0 Å². The molecule has 0 aliphatic rings. The zero-order chi connectivity index (χ0) is 17.8. The summed E-state index contributed by atoms with van der Waals surface area (Å²) in [6.07, 6.45) is 1.53. The first-order chi connectivity index (χ1) is 12.8. The van der Waals surface area contributed by atoms with Gasteiger partial charge in [0.1, 0.15) is 6.33 Å². The number of hydrogen-bond acceptors (Lipinski definition) is 3. The summed E-state index contributed by atoms with van der Waals surface area (Å²) in [6, 6.07) is 25.5. The summed E-state index contributed by atoms with van der Waals surface area (Å²) in [5, 5.41) is 5.10. The van der Waals surface area contributed by atoms with Gasteiger partial charge in [-0.1, -0.05) is 60.7 Å². The van der Waals surface area contributed by atoms with Gasteiger partial charge in [-0.05, 0) is 29.0 Å². The highest BCUT2D eigenvalue weighted by molar-refractivity contribution is 5.98. The van der Waals surface area contributed by atoms with Crippen LogP contribution in [0.1, 0.15) is 16.1 Å². The predicted molar refractivity (Wildman–Crippen MR) is 103 cm³/mol. The van der Waals surface area contributed by atoms with Gasteiger partial charge in [0.25, 0.3) is 5.91 Å². The highest BCUT2D eigenvalue weighted by Gasteiger charge is 2.07. The Morgan fingerprint density at radius 2 is 1.58 bits per heavy atom. The molecule has 0 radical (unpaired) electrons. The van der Waals surface area contributed by atoms with Crippen molar-refractivity contribution in [1.29, 1.82) is 0 Å². The van der Waals surface area contributed by atoms with Crippen LogP contribution in [0.2, 0.25) is 0 Å². The number of aromatic nitrogens is 2. The van der Waals surface area contributed by atoms with E-state index in [1.807, 2.05) is 78.9 Å². The lowest BCUT2D eigenvalue weighted by atomic mass is 10.1. The Kier molecular flexibility index (Phi) is 4.39. The maximum absolute atomic E-state index is 12.5. The standard InChI is InChI=1S/C22H17N3O/c26-22(19-11-10-16-6-4-5-9-18(16)12-19)23-14-20-13-21(25-15-24-20)17-7-2-1-3-8-17/h1-13,15H,14H2,(H,23,26). The molecule has 1 amide bonds. The van der Waals surface area contributed by atoms with E-state index in [0.29, 0.717) is 12.1 Å². The van der Waals surface area contributed by atoms with Crippen molar-refractivity contribution in [3.8, 4) is 11.3 Å². The normalized spacial score (nSPS) is 10.6. The van der Waals surface area contributed by atoms with Gasteiger partial charge in [0.2, 0.25) is 0 Å². The molecule has 1 N–H and O–H groups in total. The first-order valence-electron chi connectivity index (χ1n) is 8.43. The molecule has 0 spiro atoms. The second-order valence-electron chi connectivity index (χ2n) is 6.01. The number of hydrogen-bond donors (Lipinski definition) is 1. The van der Waals surface area contributed by atoms with Gasteiger partial charge in [-0.2, -0.15) is 0 Å². The molecule has 1 aromatic heterocycles. The van der Waals surface area contributed by atoms with Gasteiger partial charge in [-0.3, -0.25) is 4.79 Å². The summed E-state index contributed by atoms with van der Waals surface area (Å²) in [6.45, 7) is 0.355. The molecular weight excluding hydrogens is 322 g/mol. The lowest BCUT2D eigenvalue weighted by Gasteiger charge is -2.07. The van der Waals surface area contributed by atoms with Crippen LogP contribution in [-0.4, -0.2) is 15.9 Å². The zero-order valence-electron chi connectivity index (χ0n) is 14.1. The minimum atomic E-state index is -0.115. The fourth-order valence-corrected chi connectivity index (χ4v) is 2.86. The molecule has 1 heterocycles. The fourth-order valence-electron chi connectivity index (χ4n) is 2.86. The van der Waals surface area contributed by atoms with E-state index >= 15 is 0 Å². The van der Waals surface area contributed by atoms with Crippen molar-refractivity contribution in [3.05, 3.63) is 96.4 Å². The molecule has 4 heteroatoms. The second kappa shape index (κ2) is 7.15. The van der Waals surface area contributed by atoms with E-state index in [0.717, 1.165) is 27.7 Å². The van der Waals surface area contributed by atoms with E-state index in [9.17, 15) is 4.79 Å². The Bertz CT molecular complexity index is 1060. The molecule has 4 rings (SSSR count). The van der Waals surface area contributed by atoms with E-state index in [1.165, 1.54) is 6.33 Å². The maximum atomic E-state index is 12.5. The van der Waals surface area contributed by atoms with E-state index in [2.05, 4.69) is 15.3 Å². The molecule has 26 heavy (non-hydrogen) atoms. The fraction of sp³-hybridized carbons (Fsp3) is 0.0455. The molecule has 3 aromatic carbocycles. The Balaban J connectivity index is 1.49. The van der Waals surface area contributed by atoms with Crippen LogP contribution in [0.5, 0.6) is 0 Å². The molecule has 0 saturated carbocycles. The summed E-state index contributed by atoms with van der Waals surface area (Å²) in [5.74, 6) is -0.115. The lowest BCUT2D eigenvalue weighted by molar-refractivity contribution is 0.0950. The average Bonchev–Trinajstić information content (AvgIpc) is 2.72. The van der Waals surface area contributed by atoms with Crippen LogP contribution in [0.25, 0.3) is 22.0 Å². The van der Waals surface area contributed by atoms with E-state index in [-0.39, 0.29) is 5.91 Å². The summed E-state index contributed by atoms with van der Waals surface area (Å²) < 4.78 is 0. The molecule has 0 aliphatic heterocycles. The minimum Gasteiger partial charge on any atom is -0.346 e. The molecule has 0 fully saturated rings. The SMILES string of the molecule is O=C(NCc1cc(-c2ccccc2)ncn1)c1ccc2ccccc2c1. The van der Waals surface area contributed by atoms with Crippen molar-refractivity contribution in [2.75, 3.05) is 0 Å². The highest BCUT2D eigenvalue weighted by Crippen LogP contribution is 2.17. The molecule has 0 bridgehead atoms. The van der Waals surface area contributed by atoms with Crippen molar-refractivity contribution in [2.24, 2.45) is 0 Å². The number of nitrogens with zero attached hydrogens (tertiary/aromatic N) is 2. The highest BCUT2D eigenvalue weighted by atomic mass is 16.1. The number of carbonyl (C=O) groups is 1. The first-order valence-corrected chi connectivity index (χ1v) is 8.43. The van der Waals surface area contributed by atoms with Crippen molar-refractivity contribution < 1.29 is 4.79 Å². The van der Waals surface area contributed by atoms with Crippen molar-refractivity contribution >= 4 is 16.7 Å². The van der Waals surface area contributed by atoms with Gasteiger partial charge >= 0.3 is 0 Å². The van der Waals surface area contributed by atoms with Crippen LogP contribution >= 0.6 is 0 Å². The average molecular weight is 339 g/mol. The van der Waals surface area contributed by atoms with E-state index < -0.39 is 0 Å². The summed E-state index contributed by atoms with van der Waals surface area (Å²) in [4.78, 5) is 21.0. The van der Waals surface area contributed by atoms with Crippen LogP contribution in [-0.2, 0) is 6.54 Å². The number of nitrogens with one attached hydrogen (secondary N) is 1. The van der Waals surface area contributed by atoms with E-state index in [1.54, 1.807) is 0 Å². The van der Waals surface area contributed by atoms with Crippen LogP contribution in [0, 0.1) is 0 Å². The third-order valence-electron chi connectivity index (χ3n) is 4.23. The smallest absolute Gasteiger partial charge is 0.251 e. The van der Waals surface area contributed by atoms with Gasteiger partial charge in [0.15, 0.2) is 0 Å².